The van der Waals surface area contributed by atoms with E-state index in [4.69, 9.17) is 25.8 Å². The number of amides is 4. The van der Waals surface area contributed by atoms with Gasteiger partial charge in [-0.25, -0.2) is 9.18 Å². The van der Waals surface area contributed by atoms with E-state index in [-0.39, 0.29) is 49.3 Å². The molecule has 2 fully saturated rings. The first-order chi connectivity index (χ1) is 18.7. The predicted octanol–water partition coefficient (Wildman–Crippen LogP) is 1.66. The molecule has 12 nitrogen and oxygen atoms in total. The van der Waals surface area contributed by atoms with E-state index in [1.807, 2.05) is 0 Å². The Labute approximate surface area is 231 Å². The van der Waals surface area contributed by atoms with Gasteiger partial charge < -0.3 is 24.4 Å². The lowest BCUT2D eigenvalue weighted by atomic mass is 10.2. The number of anilines is 2. The van der Waals surface area contributed by atoms with Crippen LogP contribution in [0.3, 0.4) is 0 Å². The maximum Gasteiger partial charge on any atom is 0.414 e. The van der Waals surface area contributed by atoms with Crippen LogP contribution in [0.1, 0.15) is 9.67 Å². The van der Waals surface area contributed by atoms with E-state index in [0.29, 0.717) is 16.6 Å². The molecule has 3 heterocycles. The van der Waals surface area contributed by atoms with Crippen LogP contribution in [-0.2, 0) is 28.6 Å². The zero-order chi connectivity index (χ0) is 28.1. The van der Waals surface area contributed by atoms with Gasteiger partial charge in [-0.15, -0.1) is 11.3 Å². The molecule has 1 atom stereocenters. The van der Waals surface area contributed by atoms with Crippen molar-refractivity contribution in [2.45, 2.75) is 6.10 Å². The Balaban J connectivity index is 1.48. The summed E-state index contributed by atoms with van der Waals surface area (Å²) < 4.78 is 30.7. The Hall–Kier alpha value is -3.59. The van der Waals surface area contributed by atoms with Crippen molar-refractivity contribution < 1.29 is 42.6 Å². The standard InChI is InChI=1S/C24H24ClFN4O8S/c1-27-9-22(33)37-13-21(32)30(23(34)18-4-5-19(25)39-18)11-15-10-29(24(35)38-15)17-3-2-14(8-16(17)26)28-6-7-36-12-20(28)31/h2-5,8,15,27H,6-7,9-13H2,1H3/t15-/m1/s1. The molecule has 2 aliphatic heterocycles. The smallest absolute Gasteiger partial charge is 0.414 e. The summed E-state index contributed by atoms with van der Waals surface area (Å²) in [5.41, 5.74) is 0.223. The maximum absolute atomic E-state index is 15.1. The molecule has 0 saturated carbocycles. The molecule has 39 heavy (non-hydrogen) atoms. The van der Waals surface area contributed by atoms with Gasteiger partial charge in [0.05, 0.1) is 41.1 Å². The highest BCUT2D eigenvalue weighted by atomic mass is 35.5. The number of esters is 1. The largest absolute Gasteiger partial charge is 0.455 e. The number of hydrogen-bond acceptors (Lipinski definition) is 10. The number of cyclic esters (lactones) is 1. The maximum atomic E-state index is 15.1. The molecule has 0 bridgehead atoms. The van der Waals surface area contributed by atoms with E-state index < -0.39 is 42.4 Å². The van der Waals surface area contributed by atoms with Gasteiger partial charge in [0.15, 0.2) is 6.61 Å². The molecule has 15 heteroatoms. The van der Waals surface area contributed by atoms with Crippen molar-refractivity contribution in [2.75, 3.05) is 62.8 Å². The number of nitrogens with one attached hydrogen (secondary N) is 1. The highest BCUT2D eigenvalue weighted by Gasteiger charge is 2.38. The molecule has 2 aliphatic rings. The zero-order valence-electron chi connectivity index (χ0n) is 20.7. The Morgan fingerprint density at radius 2 is 2.03 bits per heavy atom. The monoisotopic (exact) mass is 582 g/mol. The third-order valence-corrected chi connectivity index (χ3v) is 7.01. The molecule has 0 radical (unpaired) electrons. The number of halogens is 2. The molecule has 0 unspecified atom stereocenters. The summed E-state index contributed by atoms with van der Waals surface area (Å²) in [4.78, 5) is 65.8. The normalized spacial score (nSPS) is 17.3. The van der Waals surface area contributed by atoms with Crippen LogP contribution < -0.4 is 15.1 Å². The van der Waals surface area contributed by atoms with E-state index in [1.54, 1.807) is 0 Å². The Morgan fingerprint density at radius 3 is 2.69 bits per heavy atom. The Kier molecular flexibility index (Phi) is 9.12. The van der Waals surface area contributed by atoms with Gasteiger partial charge in [-0.05, 0) is 37.4 Å². The van der Waals surface area contributed by atoms with Crippen LogP contribution in [0, 0.1) is 5.82 Å². The summed E-state index contributed by atoms with van der Waals surface area (Å²) in [5.74, 6) is -3.34. The number of imide groups is 1. The summed E-state index contributed by atoms with van der Waals surface area (Å²) in [6.45, 7) is -0.927. The molecule has 1 aromatic carbocycles. The third-order valence-electron chi connectivity index (χ3n) is 5.79. The van der Waals surface area contributed by atoms with Crippen molar-refractivity contribution in [1.29, 1.82) is 0 Å². The molecule has 208 valence electrons. The number of ether oxygens (including phenoxy) is 3. The average Bonchev–Trinajstić information content (AvgIpc) is 3.51. The summed E-state index contributed by atoms with van der Waals surface area (Å²) in [5, 5.41) is 2.59. The van der Waals surface area contributed by atoms with Gasteiger partial charge in [0.2, 0.25) is 0 Å². The lowest BCUT2D eigenvalue weighted by Crippen LogP contribution is -2.45. The molecule has 2 saturated heterocycles. The number of hydrogen-bond donors (Lipinski definition) is 1. The van der Waals surface area contributed by atoms with Crippen molar-refractivity contribution >= 4 is 64.1 Å². The van der Waals surface area contributed by atoms with Gasteiger partial charge in [-0.2, -0.15) is 0 Å². The second-order valence-electron chi connectivity index (χ2n) is 8.45. The first kappa shape index (κ1) is 28.4. The topological polar surface area (TPSA) is 135 Å². The predicted molar refractivity (Wildman–Crippen MR) is 137 cm³/mol. The first-order valence-corrected chi connectivity index (χ1v) is 12.9. The van der Waals surface area contributed by atoms with Crippen molar-refractivity contribution in [1.82, 2.24) is 10.2 Å². The zero-order valence-corrected chi connectivity index (χ0v) is 22.3. The van der Waals surface area contributed by atoms with Gasteiger partial charge in [0.1, 0.15) is 18.5 Å². The highest BCUT2D eigenvalue weighted by molar-refractivity contribution is 7.18. The molecule has 1 N–H and O–H groups in total. The lowest BCUT2D eigenvalue weighted by Gasteiger charge is -2.27. The quantitative estimate of drug-likeness (QED) is 0.438. The average molecular weight is 583 g/mol. The van der Waals surface area contributed by atoms with Crippen molar-refractivity contribution in [3.63, 3.8) is 0 Å². The highest BCUT2D eigenvalue weighted by Crippen LogP contribution is 2.30. The summed E-state index contributed by atoms with van der Waals surface area (Å²) >= 11 is 6.88. The van der Waals surface area contributed by atoms with Gasteiger partial charge in [0.25, 0.3) is 17.7 Å². The number of thiophene rings is 1. The Morgan fingerprint density at radius 1 is 1.23 bits per heavy atom. The van der Waals surface area contributed by atoms with Gasteiger partial charge in [-0.1, -0.05) is 11.6 Å². The van der Waals surface area contributed by atoms with Crippen LogP contribution in [0.2, 0.25) is 4.34 Å². The molecule has 4 amide bonds. The molecular weight excluding hydrogens is 559 g/mol. The van der Waals surface area contributed by atoms with Crippen molar-refractivity contribution in [2.24, 2.45) is 0 Å². The minimum absolute atomic E-state index is 0.0952. The van der Waals surface area contributed by atoms with Gasteiger partial charge in [-0.3, -0.25) is 29.0 Å². The lowest BCUT2D eigenvalue weighted by molar-refractivity contribution is -0.150. The molecular formula is C24H24ClFN4O8S. The van der Waals surface area contributed by atoms with Crippen LogP contribution >= 0.6 is 22.9 Å². The van der Waals surface area contributed by atoms with Crippen LogP contribution in [0.25, 0.3) is 0 Å². The number of morpholine rings is 1. The fourth-order valence-electron chi connectivity index (χ4n) is 3.97. The molecule has 0 aliphatic carbocycles. The van der Waals surface area contributed by atoms with Gasteiger partial charge in [0, 0.05) is 12.2 Å². The molecule has 1 aromatic heterocycles. The fourth-order valence-corrected chi connectivity index (χ4v) is 4.96. The van der Waals surface area contributed by atoms with Crippen LogP contribution in [0.5, 0.6) is 0 Å². The molecule has 2 aromatic rings. The molecule has 4 rings (SSSR count). The van der Waals surface area contributed by atoms with Crippen LogP contribution in [-0.4, -0.2) is 93.8 Å². The van der Waals surface area contributed by atoms with E-state index in [1.165, 1.54) is 36.2 Å². The van der Waals surface area contributed by atoms with E-state index in [2.05, 4.69) is 5.32 Å². The minimum Gasteiger partial charge on any atom is -0.455 e. The number of likely N-dealkylation sites (N-methyl/N-ethyl adjacent to an activating group) is 1. The number of nitrogens with zero attached hydrogens (tertiary/aromatic N) is 3. The summed E-state index contributed by atoms with van der Waals surface area (Å²) in [6, 6.07) is 6.91. The van der Waals surface area contributed by atoms with Gasteiger partial charge >= 0.3 is 12.1 Å². The molecule has 0 spiro atoms. The number of carbonyl (C=O) groups is 5. The fraction of sp³-hybridized carbons (Fsp3) is 0.375. The van der Waals surface area contributed by atoms with Crippen molar-refractivity contribution in [3.8, 4) is 0 Å². The second kappa shape index (κ2) is 12.5. The number of carbonyl (C=O) groups excluding carboxylic acids is 5. The van der Waals surface area contributed by atoms with Crippen LogP contribution in [0.15, 0.2) is 30.3 Å². The first-order valence-electron chi connectivity index (χ1n) is 11.7. The van der Waals surface area contributed by atoms with Crippen molar-refractivity contribution in [3.05, 3.63) is 45.4 Å². The third kappa shape index (κ3) is 6.71. The Bertz CT molecular complexity index is 1290. The SMILES string of the molecule is CNCC(=O)OCC(=O)N(C[C@H]1CN(c2ccc(N3CCOCC3=O)cc2F)C(=O)O1)C(=O)c1ccc(Cl)s1. The van der Waals surface area contributed by atoms with E-state index in [9.17, 15) is 24.0 Å². The minimum atomic E-state index is -1.01. The van der Waals surface area contributed by atoms with E-state index >= 15 is 4.39 Å². The van der Waals surface area contributed by atoms with Crippen LogP contribution in [0.4, 0.5) is 20.6 Å². The number of rotatable bonds is 9. The van der Waals surface area contributed by atoms with E-state index in [0.717, 1.165) is 27.2 Å². The second-order valence-corrected chi connectivity index (χ2v) is 10.2. The number of benzene rings is 1. The summed E-state index contributed by atoms with van der Waals surface area (Å²) in [7, 11) is 1.53. The summed E-state index contributed by atoms with van der Waals surface area (Å²) in [6.07, 6.45) is -1.89.